The van der Waals surface area contributed by atoms with Gasteiger partial charge in [0.1, 0.15) is 5.82 Å². The number of amides is 2. The number of nitrogens with zero attached hydrogens (tertiary/aromatic N) is 1. The molecule has 0 saturated heterocycles. The van der Waals surface area contributed by atoms with E-state index in [-0.39, 0.29) is 35.1 Å². The van der Waals surface area contributed by atoms with Crippen LogP contribution in [0.25, 0.3) is 10.9 Å². The summed E-state index contributed by atoms with van der Waals surface area (Å²) in [5, 5.41) is 6.38. The van der Waals surface area contributed by atoms with E-state index in [0.717, 1.165) is 11.1 Å². The first-order valence-corrected chi connectivity index (χ1v) is 13.0. The van der Waals surface area contributed by atoms with Gasteiger partial charge in [0, 0.05) is 42.6 Å². The minimum absolute atomic E-state index is 0.0241. The molecule has 5 rings (SSSR count). The van der Waals surface area contributed by atoms with Crippen LogP contribution in [0.3, 0.4) is 0 Å². The molecule has 1 aromatic heterocycles. The van der Waals surface area contributed by atoms with E-state index in [4.69, 9.17) is 9.47 Å². The van der Waals surface area contributed by atoms with Gasteiger partial charge in [0.15, 0.2) is 11.5 Å². The lowest BCUT2D eigenvalue weighted by atomic mass is 9.92. The zero-order chi connectivity index (χ0) is 27.5. The molecule has 38 heavy (non-hydrogen) atoms. The summed E-state index contributed by atoms with van der Waals surface area (Å²) in [5.41, 5.74) is 1.41. The fourth-order valence-electron chi connectivity index (χ4n) is 5.06. The Kier molecular flexibility index (Phi) is 6.16. The zero-order valence-corrected chi connectivity index (χ0v) is 22.3. The molecule has 1 aliphatic carbocycles. The standard InChI is InChI=1S/C29H33F2N3O4/c1-6-29(31)37-23-8-7-19(15-24(23)38-29)28(9-10-28)26(36)33-21-13-18-14-25(27(3,4)5)34(12-11-32-17(2)35)22(18)16-20(21)30/h7-8,13-16H,6,9-12H2,1-5H3,(H,32,35)(H,33,36). The molecule has 0 bridgehead atoms. The van der Waals surface area contributed by atoms with Crippen LogP contribution >= 0.6 is 0 Å². The van der Waals surface area contributed by atoms with Crippen molar-refractivity contribution in [2.45, 2.75) is 77.3 Å². The van der Waals surface area contributed by atoms with Crippen LogP contribution in [0.1, 0.15) is 65.1 Å². The number of halogens is 2. The number of fused-ring (bicyclic) bond motifs is 2. The summed E-state index contributed by atoms with van der Waals surface area (Å²) >= 11 is 0. The molecule has 7 nitrogen and oxygen atoms in total. The normalized spacial score (nSPS) is 19.4. The molecule has 1 saturated carbocycles. The predicted octanol–water partition coefficient (Wildman–Crippen LogP) is 5.69. The van der Waals surface area contributed by atoms with Gasteiger partial charge in [-0.1, -0.05) is 33.8 Å². The van der Waals surface area contributed by atoms with Crippen LogP contribution in [0.5, 0.6) is 11.5 Å². The number of hydrogen-bond donors (Lipinski definition) is 2. The minimum Gasteiger partial charge on any atom is -0.423 e. The Morgan fingerprint density at radius 3 is 2.42 bits per heavy atom. The molecule has 1 aliphatic heterocycles. The van der Waals surface area contributed by atoms with Gasteiger partial charge < -0.3 is 24.7 Å². The second kappa shape index (κ2) is 8.99. The van der Waals surface area contributed by atoms with Crippen LogP contribution in [0.2, 0.25) is 0 Å². The highest BCUT2D eigenvalue weighted by Crippen LogP contribution is 2.52. The van der Waals surface area contributed by atoms with Crippen LogP contribution in [-0.4, -0.2) is 29.0 Å². The zero-order valence-electron chi connectivity index (χ0n) is 22.3. The lowest BCUT2D eigenvalue weighted by molar-refractivity contribution is -0.191. The summed E-state index contributed by atoms with van der Waals surface area (Å²) in [5.74, 6) is -0.437. The Hall–Kier alpha value is -3.62. The van der Waals surface area contributed by atoms with E-state index in [1.807, 2.05) is 10.6 Å². The van der Waals surface area contributed by atoms with Gasteiger partial charge in [-0.25, -0.2) is 4.39 Å². The van der Waals surface area contributed by atoms with Crippen molar-refractivity contribution in [1.82, 2.24) is 9.88 Å². The van der Waals surface area contributed by atoms with Gasteiger partial charge >= 0.3 is 6.04 Å². The number of ether oxygens (including phenoxy) is 2. The maximum atomic E-state index is 15.4. The van der Waals surface area contributed by atoms with Crippen molar-refractivity contribution in [2.24, 2.45) is 0 Å². The third-order valence-electron chi connectivity index (χ3n) is 7.34. The van der Waals surface area contributed by atoms with E-state index in [2.05, 4.69) is 31.4 Å². The summed E-state index contributed by atoms with van der Waals surface area (Å²) in [7, 11) is 0. The molecule has 2 heterocycles. The number of hydrogen-bond acceptors (Lipinski definition) is 4. The first kappa shape index (κ1) is 26.0. The molecule has 2 amide bonds. The highest BCUT2D eigenvalue weighted by molar-refractivity contribution is 6.03. The van der Waals surface area contributed by atoms with E-state index >= 15 is 4.39 Å². The molecule has 9 heteroatoms. The van der Waals surface area contributed by atoms with Gasteiger partial charge in [-0.2, -0.15) is 4.39 Å². The highest BCUT2D eigenvalue weighted by Gasteiger charge is 2.52. The fraction of sp³-hybridized carbons (Fsp3) is 0.448. The number of nitrogens with one attached hydrogen (secondary N) is 2. The second-order valence-electron chi connectivity index (χ2n) is 11.2. The van der Waals surface area contributed by atoms with Crippen LogP contribution in [-0.2, 0) is 27.0 Å². The molecular formula is C29H33F2N3O4. The molecule has 1 atom stereocenters. The van der Waals surface area contributed by atoms with Gasteiger partial charge in [0.25, 0.3) is 0 Å². The van der Waals surface area contributed by atoms with Gasteiger partial charge in [0.05, 0.1) is 23.0 Å². The Morgan fingerprint density at radius 2 is 1.79 bits per heavy atom. The molecule has 0 spiro atoms. The SMILES string of the molecule is CCC1(F)Oc2ccc(C3(C(=O)Nc4cc5cc(C(C)(C)C)n(CCNC(C)=O)c5cc4F)CC3)cc2O1. The second-order valence-corrected chi connectivity index (χ2v) is 11.2. The van der Waals surface area contributed by atoms with Crippen molar-refractivity contribution in [3.8, 4) is 11.5 Å². The third-order valence-corrected chi connectivity index (χ3v) is 7.34. The first-order valence-electron chi connectivity index (χ1n) is 13.0. The average molecular weight is 526 g/mol. The van der Waals surface area contributed by atoms with Crippen molar-refractivity contribution >= 4 is 28.4 Å². The van der Waals surface area contributed by atoms with Crippen molar-refractivity contribution in [3.63, 3.8) is 0 Å². The molecular weight excluding hydrogens is 492 g/mol. The fourth-order valence-corrected chi connectivity index (χ4v) is 5.06. The summed E-state index contributed by atoms with van der Waals surface area (Å²) < 4.78 is 42.5. The Bertz CT molecular complexity index is 1440. The topological polar surface area (TPSA) is 81.6 Å². The van der Waals surface area contributed by atoms with Crippen LogP contribution < -0.4 is 20.1 Å². The number of aromatic nitrogens is 1. The highest BCUT2D eigenvalue weighted by atomic mass is 19.2. The number of benzene rings is 2. The quantitative estimate of drug-likeness (QED) is 0.415. The summed E-state index contributed by atoms with van der Waals surface area (Å²) in [6.45, 7) is 10.2. The van der Waals surface area contributed by atoms with Crippen molar-refractivity contribution < 1.29 is 27.8 Å². The van der Waals surface area contributed by atoms with E-state index in [1.165, 1.54) is 13.0 Å². The Morgan fingerprint density at radius 1 is 1.08 bits per heavy atom. The van der Waals surface area contributed by atoms with E-state index < -0.39 is 17.3 Å². The molecule has 1 unspecified atom stereocenters. The molecule has 3 aromatic rings. The van der Waals surface area contributed by atoms with Gasteiger partial charge in [-0.15, -0.1) is 0 Å². The van der Waals surface area contributed by atoms with Gasteiger partial charge in [-0.05, 0) is 42.7 Å². The summed E-state index contributed by atoms with van der Waals surface area (Å²) in [4.78, 5) is 24.8. The molecule has 2 aliphatic rings. The molecule has 1 fully saturated rings. The minimum atomic E-state index is -2.21. The third kappa shape index (κ3) is 4.59. The number of rotatable bonds is 7. The summed E-state index contributed by atoms with van der Waals surface area (Å²) in [6.07, 6.45) is 1.20. The molecule has 2 N–H and O–H groups in total. The Balaban J connectivity index is 1.42. The van der Waals surface area contributed by atoms with Gasteiger partial charge in [-0.3, -0.25) is 9.59 Å². The summed E-state index contributed by atoms with van der Waals surface area (Å²) in [6, 6.07) is 7.87. The van der Waals surface area contributed by atoms with Crippen LogP contribution in [0, 0.1) is 5.82 Å². The van der Waals surface area contributed by atoms with Crippen molar-refractivity contribution in [3.05, 3.63) is 53.5 Å². The maximum Gasteiger partial charge on any atom is 0.407 e. The van der Waals surface area contributed by atoms with E-state index in [9.17, 15) is 14.0 Å². The number of carbonyl (C=O) groups excluding carboxylic acids is 2. The molecule has 0 radical (unpaired) electrons. The van der Waals surface area contributed by atoms with Gasteiger partial charge in [0.2, 0.25) is 11.8 Å². The maximum absolute atomic E-state index is 15.4. The van der Waals surface area contributed by atoms with E-state index in [0.29, 0.717) is 42.8 Å². The first-order chi connectivity index (χ1) is 17.8. The molecule has 2 aromatic carbocycles. The van der Waals surface area contributed by atoms with Crippen LogP contribution in [0.15, 0.2) is 36.4 Å². The number of alkyl halides is 1. The number of anilines is 1. The molecule has 202 valence electrons. The smallest absolute Gasteiger partial charge is 0.407 e. The van der Waals surface area contributed by atoms with E-state index in [1.54, 1.807) is 31.2 Å². The monoisotopic (exact) mass is 525 g/mol. The van der Waals surface area contributed by atoms with Crippen molar-refractivity contribution in [2.75, 3.05) is 11.9 Å². The predicted molar refractivity (Wildman–Crippen MR) is 141 cm³/mol. The number of carbonyl (C=O) groups is 2. The average Bonchev–Trinajstić information content (AvgIpc) is 3.48. The van der Waals surface area contributed by atoms with Crippen molar-refractivity contribution in [1.29, 1.82) is 0 Å². The lowest BCUT2D eigenvalue weighted by Gasteiger charge is -2.22. The van der Waals surface area contributed by atoms with Crippen LogP contribution in [0.4, 0.5) is 14.5 Å². The Labute approximate surface area is 220 Å². The largest absolute Gasteiger partial charge is 0.423 e. The lowest BCUT2D eigenvalue weighted by Crippen LogP contribution is -2.31.